The second-order valence-electron chi connectivity index (χ2n) is 7.80. The SMILES string of the molecule is CCC(CC)C1(O)CC2CCC(C1)N2C(=O)OC(C)(C)C. The smallest absolute Gasteiger partial charge is 0.410 e. The molecule has 0 aromatic carbocycles. The van der Waals surface area contributed by atoms with E-state index in [9.17, 15) is 9.90 Å². The summed E-state index contributed by atoms with van der Waals surface area (Å²) in [6, 6.07) is 0.286. The number of ether oxygens (including phenoxy) is 1. The Morgan fingerprint density at radius 3 is 2.10 bits per heavy atom. The molecule has 2 saturated heterocycles. The normalized spacial score (nSPS) is 32.6. The third-order valence-corrected chi connectivity index (χ3v) is 5.15. The van der Waals surface area contributed by atoms with E-state index in [1.165, 1.54) is 0 Å². The van der Waals surface area contributed by atoms with Gasteiger partial charge in [0.15, 0.2) is 0 Å². The van der Waals surface area contributed by atoms with Gasteiger partial charge in [0.25, 0.3) is 0 Å². The molecule has 0 aromatic heterocycles. The van der Waals surface area contributed by atoms with Crippen LogP contribution in [0.5, 0.6) is 0 Å². The highest BCUT2D eigenvalue weighted by Crippen LogP contribution is 2.46. The molecule has 2 atom stereocenters. The summed E-state index contributed by atoms with van der Waals surface area (Å²) in [6.45, 7) is 9.99. The first-order chi connectivity index (χ1) is 9.70. The van der Waals surface area contributed by atoms with Crippen molar-refractivity contribution in [3.05, 3.63) is 0 Å². The van der Waals surface area contributed by atoms with Crippen molar-refractivity contribution in [3.63, 3.8) is 0 Å². The van der Waals surface area contributed by atoms with Crippen molar-refractivity contribution in [2.24, 2.45) is 5.92 Å². The second kappa shape index (κ2) is 5.79. The van der Waals surface area contributed by atoms with Gasteiger partial charge in [0.05, 0.1) is 5.60 Å². The lowest BCUT2D eigenvalue weighted by molar-refractivity contribution is -0.0934. The molecular weight excluding hydrogens is 266 g/mol. The van der Waals surface area contributed by atoms with E-state index in [2.05, 4.69) is 13.8 Å². The molecule has 122 valence electrons. The largest absolute Gasteiger partial charge is 0.444 e. The zero-order valence-electron chi connectivity index (χ0n) is 14.2. The Morgan fingerprint density at radius 1 is 1.24 bits per heavy atom. The van der Waals surface area contributed by atoms with Crippen LogP contribution in [-0.4, -0.2) is 39.4 Å². The zero-order chi connectivity index (χ0) is 15.8. The molecule has 2 rings (SSSR count). The third-order valence-electron chi connectivity index (χ3n) is 5.15. The van der Waals surface area contributed by atoms with Crippen molar-refractivity contribution in [3.8, 4) is 0 Å². The predicted octanol–water partition coefficient (Wildman–Crippen LogP) is 3.72. The summed E-state index contributed by atoms with van der Waals surface area (Å²) in [5, 5.41) is 11.1. The van der Waals surface area contributed by atoms with Crippen LogP contribution in [0.2, 0.25) is 0 Å². The summed E-state index contributed by atoms with van der Waals surface area (Å²) < 4.78 is 5.54. The van der Waals surface area contributed by atoms with E-state index >= 15 is 0 Å². The molecule has 2 aliphatic heterocycles. The first kappa shape index (κ1) is 16.6. The number of hydrogen-bond donors (Lipinski definition) is 1. The number of nitrogens with zero attached hydrogens (tertiary/aromatic N) is 1. The molecule has 4 nitrogen and oxygen atoms in total. The van der Waals surface area contributed by atoms with Crippen LogP contribution in [0.1, 0.15) is 73.1 Å². The lowest BCUT2D eigenvalue weighted by Crippen LogP contribution is -2.56. The minimum atomic E-state index is -0.603. The van der Waals surface area contributed by atoms with E-state index in [-0.39, 0.29) is 18.2 Å². The van der Waals surface area contributed by atoms with Crippen LogP contribution in [0, 0.1) is 5.92 Å². The Labute approximate surface area is 128 Å². The predicted molar refractivity (Wildman–Crippen MR) is 83.1 cm³/mol. The molecule has 2 aliphatic rings. The van der Waals surface area contributed by atoms with Gasteiger partial charge in [0, 0.05) is 12.1 Å². The molecule has 0 saturated carbocycles. The number of amides is 1. The molecule has 4 heteroatoms. The van der Waals surface area contributed by atoms with E-state index in [1.807, 2.05) is 25.7 Å². The average molecular weight is 297 g/mol. The van der Waals surface area contributed by atoms with Gasteiger partial charge in [-0.2, -0.15) is 0 Å². The number of carbonyl (C=O) groups excluding carboxylic acids is 1. The van der Waals surface area contributed by atoms with Gasteiger partial charge in [-0.3, -0.25) is 0 Å². The number of carbonyl (C=O) groups is 1. The van der Waals surface area contributed by atoms with Crippen molar-refractivity contribution in [1.29, 1.82) is 0 Å². The highest BCUT2D eigenvalue weighted by molar-refractivity contribution is 5.69. The standard InChI is InChI=1S/C17H31NO3/c1-6-12(7-2)17(20)10-13-8-9-14(11-17)18(13)15(19)21-16(3,4)5/h12-14,20H,6-11H2,1-5H3. The van der Waals surface area contributed by atoms with Crippen LogP contribution in [0.3, 0.4) is 0 Å². The van der Waals surface area contributed by atoms with Crippen LogP contribution in [0.15, 0.2) is 0 Å². The fourth-order valence-corrected chi connectivity index (χ4v) is 4.26. The van der Waals surface area contributed by atoms with E-state index in [0.717, 1.165) is 25.7 Å². The summed E-state index contributed by atoms with van der Waals surface area (Å²) in [5.41, 5.74) is -1.06. The molecule has 1 N–H and O–H groups in total. The fraction of sp³-hybridized carbons (Fsp3) is 0.941. The molecule has 2 heterocycles. The molecule has 21 heavy (non-hydrogen) atoms. The summed E-state index contributed by atoms with van der Waals surface area (Å²) >= 11 is 0. The number of rotatable bonds is 3. The summed E-state index contributed by atoms with van der Waals surface area (Å²) in [7, 11) is 0. The Hall–Kier alpha value is -0.770. The lowest BCUT2D eigenvalue weighted by atomic mass is 9.74. The first-order valence-electron chi connectivity index (χ1n) is 8.44. The maximum atomic E-state index is 12.4. The zero-order valence-corrected chi connectivity index (χ0v) is 14.2. The summed E-state index contributed by atoms with van der Waals surface area (Å²) in [4.78, 5) is 14.3. The Balaban J connectivity index is 2.10. The highest BCUT2D eigenvalue weighted by atomic mass is 16.6. The molecule has 0 aliphatic carbocycles. The van der Waals surface area contributed by atoms with Crippen LogP contribution in [0.25, 0.3) is 0 Å². The van der Waals surface area contributed by atoms with Crippen molar-refractivity contribution in [1.82, 2.24) is 4.90 Å². The van der Waals surface area contributed by atoms with E-state index in [1.54, 1.807) is 0 Å². The topological polar surface area (TPSA) is 49.8 Å². The van der Waals surface area contributed by atoms with Gasteiger partial charge >= 0.3 is 6.09 Å². The summed E-state index contributed by atoms with van der Waals surface area (Å²) in [5.74, 6) is 0.335. The summed E-state index contributed by atoms with van der Waals surface area (Å²) in [6.07, 6.45) is 5.18. The van der Waals surface area contributed by atoms with Gasteiger partial charge in [-0.1, -0.05) is 26.7 Å². The van der Waals surface area contributed by atoms with Crippen molar-refractivity contribution in [2.75, 3.05) is 0 Å². The molecule has 0 spiro atoms. The maximum Gasteiger partial charge on any atom is 0.410 e. The first-order valence-corrected chi connectivity index (χ1v) is 8.44. The van der Waals surface area contributed by atoms with Gasteiger partial charge in [0.2, 0.25) is 0 Å². The molecule has 2 unspecified atom stereocenters. The van der Waals surface area contributed by atoms with Gasteiger partial charge < -0.3 is 14.7 Å². The van der Waals surface area contributed by atoms with Crippen LogP contribution in [-0.2, 0) is 4.74 Å². The second-order valence-corrected chi connectivity index (χ2v) is 7.80. The fourth-order valence-electron chi connectivity index (χ4n) is 4.26. The Kier molecular flexibility index (Phi) is 4.57. The number of fused-ring (bicyclic) bond motifs is 2. The number of hydrogen-bond acceptors (Lipinski definition) is 3. The third kappa shape index (κ3) is 3.36. The van der Waals surface area contributed by atoms with Crippen molar-refractivity contribution >= 4 is 6.09 Å². The van der Waals surface area contributed by atoms with Crippen LogP contribution in [0.4, 0.5) is 4.79 Å². The van der Waals surface area contributed by atoms with Gasteiger partial charge in [0.1, 0.15) is 5.60 Å². The van der Waals surface area contributed by atoms with Gasteiger partial charge in [-0.25, -0.2) is 4.79 Å². The van der Waals surface area contributed by atoms with Crippen molar-refractivity contribution < 1.29 is 14.6 Å². The molecule has 2 fully saturated rings. The van der Waals surface area contributed by atoms with E-state index in [0.29, 0.717) is 18.8 Å². The van der Waals surface area contributed by atoms with Crippen molar-refractivity contribution in [2.45, 2.75) is 96.4 Å². The number of aliphatic hydroxyl groups is 1. The van der Waals surface area contributed by atoms with E-state index < -0.39 is 11.2 Å². The Bertz CT molecular complexity index is 370. The van der Waals surface area contributed by atoms with Gasteiger partial charge in [-0.05, 0) is 52.4 Å². The van der Waals surface area contributed by atoms with Gasteiger partial charge in [-0.15, -0.1) is 0 Å². The minimum Gasteiger partial charge on any atom is -0.444 e. The molecule has 0 radical (unpaired) electrons. The maximum absolute atomic E-state index is 12.4. The molecule has 0 aromatic rings. The Morgan fingerprint density at radius 2 is 1.71 bits per heavy atom. The lowest BCUT2D eigenvalue weighted by Gasteiger charge is -2.47. The monoisotopic (exact) mass is 297 g/mol. The average Bonchev–Trinajstić information content (AvgIpc) is 2.62. The van der Waals surface area contributed by atoms with Crippen LogP contribution < -0.4 is 0 Å². The quantitative estimate of drug-likeness (QED) is 0.864. The molecule has 1 amide bonds. The minimum absolute atomic E-state index is 0.143. The molecule has 2 bridgehead atoms. The molecular formula is C17H31NO3. The van der Waals surface area contributed by atoms with E-state index in [4.69, 9.17) is 4.74 Å². The number of piperidine rings is 1. The van der Waals surface area contributed by atoms with Crippen LogP contribution >= 0.6 is 0 Å². The highest BCUT2D eigenvalue weighted by Gasteiger charge is 2.52.